The van der Waals surface area contributed by atoms with Crippen LogP contribution in [0.3, 0.4) is 0 Å². The molecule has 0 atom stereocenters. The van der Waals surface area contributed by atoms with Crippen molar-refractivity contribution in [3.8, 4) is 17.2 Å². The second kappa shape index (κ2) is 9.84. The lowest BCUT2D eigenvalue weighted by Gasteiger charge is -2.26. The van der Waals surface area contributed by atoms with Crippen molar-refractivity contribution >= 4 is 23.4 Å². The van der Waals surface area contributed by atoms with Gasteiger partial charge in [-0.25, -0.2) is 4.39 Å². The summed E-state index contributed by atoms with van der Waals surface area (Å²) in [7, 11) is 4.30. The smallest absolute Gasteiger partial charge is 0.261 e. The van der Waals surface area contributed by atoms with Crippen LogP contribution in [0.1, 0.15) is 31.1 Å². The van der Waals surface area contributed by atoms with E-state index in [0.717, 1.165) is 4.90 Å². The van der Waals surface area contributed by atoms with E-state index in [1.165, 1.54) is 56.6 Å². The average molecular weight is 478 g/mol. The van der Waals surface area contributed by atoms with E-state index in [4.69, 9.17) is 14.2 Å². The van der Waals surface area contributed by atoms with Crippen LogP contribution in [0.4, 0.5) is 10.1 Å². The Morgan fingerprint density at radius 1 is 0.857 bits per heavy atom. The number of benzene rings is 3. The minimum Gasteiger partial charge on any atom is -0.493 e. The van der Waals surface area contributed by atoms with E-state index in [9.17, 15) is 18.8 Å². The highest BCUT2D eigenvalue weighted by Crippen LogP contribution is 2.38. The van der Waals surface area contributed by atoms with Gasteiger partial charge in [-0.2, -0.15) is 0 Å². The molecule has 35 heavy (non-hydrogen) atoms. The van der Waals surface area contributed by atoms with Crippen LogP contribution in [0.25, 0.3) is 0 Å². The van der Waals surface area contributed by atoms with Gasteiger partial charge in [0.2, 0.25) is 5.75 Å². The number of halogens is 1. The molecule has 0 fully saturated rings. The Morgan fingerprint density at radius 3 is 1.97 bits per heavy atom. The molecule has 0 bridgehead atoms. The van der Waals surface area contributed by atoms with Crippen LogP contribution in [0.2, 0.25) is 0 Å². The highest BCUT2D eigenvalue weighted by atomic mass is 19.1. The Bertz CT molecular complexity index is 1250. The van der Waals surface area contributed by atoms with Crippen LogP contribution >= 0.6 is 0 Å². The third-order valence-electron chi connectivity index (χ3n) is 5.70. The summed E-state index contributed by atoms with van der Waals surface area (Å²) in [4.78, 5) is 41.6. The summed E-state index contributed by atoms with van der Waals surface area (Å²) in [6, 6.07) is 15.0. The van der Waals surface area contributed by atoms with Crippen LogP contribution in [-0.2, 0) is 0 Å². The van der Waals surface area contributed by atoms with Crippen molar-refractivity contribution in [3.05, 3.63) is 83.2 Å². The van der Waals surface area contributed by atoms with Gasteiger partial charge in [-0.1, -0.05) is 18.2 Å². The molecule has 9 heteroatoms. The molecule has 0 spiro atoms. The van der Waals surface area contributed by atoms with Gasteiger partial charge in [0, 0.05) is 24.3 Å². The van der Waals surface area contributed by atoms with Gasteiger partial charge >= 0.3 is 0 Å². The van der Waals surface area contributed by atoms with Crippen molar-refractivity contribution in [1.82, 2.24) is 4.90 Å². The van der Waals surface area contributed by atoms with Crippen molar-refractivity contribution in [2.45, 2.75) is 0 Å². The Hall–Kier alpha value is -4.40. The molecule has 0 radical (unpaired) electrons. The summed E-state index contributed by atoms with van der Waals surface area (Å²) < 4.78 is 30.1. The van der Waals surface area contributed by atoms with Gasteiger partial charge in [-0.15, -0.1) is 0 Å². The molecule has 1 aliphatic heterocycles. The van der Waals surface area contributed by atoms with Crippen LogP contribution in [-0.4, -0.2) is 57.0 Å². The third-order valence-corrected chi connectivity index (χ3v) is 5.70. The molecule has 0 aliphatic carbocycles. The molecule has 1 aliphatic rings. The molecule has 0 saturated carbocycles. The maximum absolute atomic E-state index is 14.1. The normalized spacial score (nSPS) is 12.4. The number of carbonyl (C=O) groups is 3. The van der Waals surface area contributed by atoms with Crippen LogP contribution in [0.5, 0.6) is 17.2 Å². The lowest BCUT2D eigenvalue weighted by atomic mass is 10.1. The molecule has 1 heterocycles. The predicted octanol–water partition coefficient (Wildman–Crippen LogP) is 3.79. The minimum atomic E-state index is -0.536. The van der Waals surface area contributed by atoms with E-state index in [1.54, 1.807) is 30.3 Å². The number of amides is 3. The van der Waals surface area contributed by atoms with Crippen LogP contribution in [0.15, 0.2) is 60.7 Å². The van der Waals surface area contributed by atoms with Crippen molar-refractivity contribution in [2.24, 2.45) is 0 Å². The molecule has 0 aromatic heterocycles. The quantitative estimate of drug-likeness (QED) is 0.458. The zero-order chi connectivity index (χ0) is 25.1. The molecule has 0 saturated heterocycles. The number of hydrogen-bond donors (Lipinski definition) is 0. The first-order valence-corrected chi connectivity index (χ1v) is 10.7. The van der Waals surface area contributed by atoms with Gasteiger partial charge in [-0.05, 0) is 42.5 Å². The number of ether oxygens (including phenoxy) is 3. The lowest BCUT2D eigenvalue weighted by Crippen LogP contribution is -2.41. The largest absolute Gasteiger partial charge is 0.493 e. The molecule has 3 amide bonds. The molecular formula is C26H23FN2O6. The molecular weight excluding hydrogens is 455 g/mol. The molecule has 8 nitrogen and oxygen atoms in total. The molecule has 3 aromatic carbocycles. The predicted molar refractivity (Wildman–Crippen MR) is 126 cm³/mol. The number of fused-ring (bicyclic) bond motifs is 1. The van der Waals surface area contributed by atoms with E-state index in [-0.39, 0.29) is 35.8 Å². The van der Waals surface area contributed by atoms with Crippen LogP contribution in [0, 0.1) is 5.82 Å². The number of methoxy groups -OCH3 is 3. The fraction of sp³-hybridized carbons (Fsp3) is 0.192. The minimum absolute atomic E-state index is 0.0651. The van der Waals surface area contributed by atoms with E-state index in [2.05, 4.69) is 0 Å². The first-order chi connectivity index (χ1) is 16.9. The highest BCUT2D eigenvalue weighted by molar-refractivity contribution is 6.21. The Labute approximate surface area is 201 Å². The first-order valence-electron chi connectivity index (χ1n) is 10.7. The number of anilines is 1. The molecule has 0 N–H and O–H groups in total. The Morgan fingerprint density at radius 2 is 1.46 bits per heavy atom. The van der Waals surface area contributed by atoms with Crippen molar-refractivity contribution in [3.63, 3.8) is 0 Å². The fourth-order valence-corrected chi connectivity index (χ4v) is 3.99. The van der Waals surface area contributed by atoms with Gasteiger partial charge in [0.05, 0.1) is 32.5 Å². The third kappa shape index (κ3) is 4.40. The second-order valence-electron chi connectivity index (χ2n) is 7.66. The van der Waals surface area contributed by atoms with Crippen molar-refractivity contribution in [2.75, 3.05) is 39.3 Å². The van der Waals surface area contributed by atoms with Gasteiger partial charge in [0.25, 0.3) is 17.7 Å². The van der Waals surface area contributed by atoms with Gasteiger partial charge < -0.3 is 19.1 Å². The first kappa shape index (κ1) is 23.7. The van der Waals surface area contributed by atoms with E-state index in [0.29, 0.717) is 16.9 Å². The average Bonchev–Trinajstić information content (AvgIpc) is 3.12. The molecule has 4 rings (SSSR count). The maximum atomic E-state index is 14.1. The SMILES string of the molecule is COc1cc(C(=O)N(CCN2C(=O)c3ccccc3C2=O)c2cccc(F)c2)cc(OC)c1OC. The summed E-state index contributed by atoms with van der Waals surface area (Å²) in [5.74, 6) is -1.06. The van der Waals surface area contributed by atoms with Crippen LogP contribution < -0.4 is 19.1 Å². The fourth-order valence-electron chi connectivity index (χ4n) is 3.99. The molecule has 0 unspecified atom stereocenters. The number of imide groups is 1. The topological polar surface area (TPSA) is 85.4 Å². The Kier molecular flexibility index (Phi) is 6.68. The molecule has 3 aromatic rings. The maximum Gasteiger partial charge on any atom is 0.261 e. The van der Waals surface area contributed by atoms with Gasteiger partial charge in [-0.3, -0.25) is 19.3 Å². The van der Waals surface area contributed by atoms with Crippen molar-refractivity contribution in [1.29, 1.82) is 0 Å². The van der Waals surface area contributed by atoms with Gasteiger partial charge in [0.15, 0.2) is 11.5 Å². The van der Waals surface area contributed by atoms with Crippen molar-refractivity contribution < 1.29 is 33.0 Å². The number of carbonyl (C=O) groups excluding carboxylic acids is 3. The summed E-state index contributed by atoms with van der Waals surface area (Å²) in [6.45, 7) is -0.149. The number of nitrogens with zero attached hydrogens (tertiary/aromatic N) is 2. The van der Waals surface area contributed by atoms with Gasteiger partial charge in [0.1, 0.15) is 5.82 Å². The summed E-state index contributed by atoms with van der Waals surface area (Å²) in [6.07, 6.45) is 0. The molecule has 180 valence electrons. The number of hydrogen-bond acceptors (Lipinski definition) is 6. The van der Waals surface area contributed by atoms with E-state index in [1.807, 2.05) is 0 Å². The zero-order valence-corrected chi connectivity index (χ0v) is 19.4. The Balaban J connectivity index is 1.68. The lowest BCUT2D eigenvalue weighted by molar-refractivity contribution is 0.0654. The number of rotatable bonds is 8. The summed E-state index contributed by atoms with van der Waals surface area (Å²) in [5, 5.41) is 0. The summed E-state index contributed by atoms with van der Waals surface area (Å²) >= 11 is 0. The van der Waals surface area contributed by atoms with E-state index < -0.39 is 23.5 Å². The highest BCUT2D eigenvalue weighted by Gasteiger charge is 2.35. The summed E-state index contributed by atoms with van der Waals surface area (Å²) in [5.41, 5.74) is 1.07. The zero-order valence-electron chi connectivity index (χ0n) is 19.4. The standard InChI is InChI=1S/C26H23FN2O6/c1-33-21-13-16(14-22(34-2)23(21)35-3)24(30)28(18-8-6-7-17(27)15-18)11-12-29-25(31)19-9-4-5-10-20(19)26(29)32/h4-10,13-15H,11-12H2,1-3H3. The monoisotopic (exact) mass is 478 g/mol. The van der Waals surface area contributed by atoms with E-state index >= 15 is 0 Å². The second-order valence-corrected chi connectivity index (χ2v) is 7.66.